The fraction of sp³-hybridized carbons (Fsp3) is 1.00. The number of ether oxygens (including phenoxy) is 1. The molecule has 3 unspecified atom stereocenters. The van der Waals surface area contributed by atoms with E-state index < -0.39 is 0 Å². The minimum atomic E-state index is -0.382. The summed E-state index contributed by atoms with van der Waals surface area (Å²) in [7, 11) is 0. The Hall–Kier alpha value is -0.120. The largest absolute Gasteiger partial charge is 0.393 e. The zero-order chi connectivity index (χ0) is 10.3. The number of hydrogen-bond acceptors (Lipinski definition) is 3. The van der Waals surface area contributed by atoms with Crippen molar-refractivity contribution in [1.29, 1.82) is 0 Å². The standard InChI is InChI=1S/C10H22O3.4CH4/c1-8(6-9(2)11)4-5-13-7-10(3)12;;;;/h8-12H,4-7H2,1-3H3;4*1H4. The zero-order valence-corrected chi connectivity index (χ0v) is 8.86. The van der Waals surface area contributed by atoms with Crippen LogP contribution in [0.15, 0.2) is 0 Å². The average Bonchev–Trinajstić information content (AvgIpc) is 1.96. The monoisotopic (exact) mass is 254 g/mol. The van der Waals surface area contributed by atoms with Crippen molar-refractivity contribution in [3.05, 3.63) is 0 Å². The maximum absolute atomic E-state index is 9.09. The van der Waals surface area contributed by atoms with E-state index in [1.165, 1.54) is 0 Å². The van der Waals surface area contributed by atoms with E-state index in [0.717, 1.165) is 12.8 Å². The third-order valence-corrected chi connectivity index (χ3v) is 1.86. The molecule has 17 heavy (non-hydrogen) atoms. The van der Waals surface area contributed by atoms with Gasteiger partial charge >= 0.3 is 0 Å². The van der Waals surface area contributed by atoms with Crippen LogP contribution >= 0.6 is 0 Å². The fourth-order valence-corrected chi connectivity index (χ4v) is 1.24. The Kier molecular flexibility index (Phi) is 32.4. The van der Waals surface area contributed by atoms with Gasteiger partial charge < -0.3 is 14.9 Å². The third-order valence-electron chi connectivity index (χ3n) is 1.86. The Morgan fingerprint density at radius 2 is 1.35 bits per heavy atom. The molecule has 0 aromatic rings. The van der Waals surface area contributed by atoms with Crippen LogP contribution in [0.5, 0.6) is 0 Å². The molecule has 0 saturated carbocycles. The first-order valence-corrected chi connectivity index (χ1v) is 4.96. The van der Waals surface area contributed by atoms with E-state index in [9.17, 15) is 0 Å². The maximum atomic E-state index is 9.09. The number of aliphatic hydroxyl groups is 2. The van der Waals surface area contributed by atoms with Gasteiger partial charge in [0.2, 0.25) is 0 Å². The molecule has 0 fully saturated rings. The van der Waals surface area contributed by atoms with Crippen molar-refractivity contribution in [2.45, 2.75) is 75.5 Å². The van der Waals surface area contributed by atoms with E-state index in [2.05, 4.69) is 6.92 Å². The predicted octanol–water partition coefficient (Wildman–Crippen LogP) is 3.73. The Balaban J connectivity index is -0.000000120. The van der Waals surface area contributed by atoms with E-state index in [1.807, 2.05) is 0 Å². The normalized spacial score (nSPS) is 13.9. The van der Waals surface area contributed by atoms with Crippen LogP contribution in [0.1, 0.15) is 63.3 Å². The fourth-order valence-electron chi connectivity index (χ4n) is 1.24. The van der Waals surface area contributed by atoms with Gasteiger partial charge in [-0.05, 0) is 32.6 Å². The molecule has 0 aliphatic rings. The van der Waals surface area contributed by atoms with E-state index in [1.54, 1.807) is 13.8 Å². The Morgan fingerprint density at radius 3 is 1.71 bits per heavy atom. The van der Waals surface area contributed by atoms with Crippen LogP contribution in [-0.4, -0.2) is 35.6 Å². The number of hydrogen-bond donors (Lipinski definition) is 2. The molecule has 0 radical (unpaired) electrons. The first kappa shape index (κ1) is 30.2. The highest BCUT2D eigenvalue weighted by Gasteiger charge is 2.05. The van der Waals surface area contributed by atoms with E-state index >= 15 is 0 Å². The molecule has 0 aliphatic heterocycles. The molecular weight excluding hydrogens is 216 g/mol. The van der Waals surface area contributed by atoms with Crippen molar-refractivity contribution < 1.29 is 14.9 Å². The topological polar surface area (TPSA) is 49.7 Å². The molecule has 0 aromatic heterocycles. The molecular formula is C14H38O3. The van der Waals surface area contributed by atoms with Crippen molar-refractivity contribution in [2.75, 3.05) is 13.2 Å². The van der Waals surface area contributed by atoms with Gasteiger partial charge in [-0.1, -0.05) is 36.6 Å². The lowest BCUT2D eigenvalue weighted by Crippen LogP contribution is -2.14. The molecule has 0 rings (SSSR count). The number of aliphatic hydroxyl groups excluding tert-OH is 2. The van der Waals surface area contributed by atoms with E-state index in [-0.39, 0.29) is 41.9 Å². The molecule has 3 heteroatoms. The second-order valence-corrected chi connectivity index (χ2v) is 3.90. The summed E-state index contributed by atoms with van der Waals surface area (Å²) >= 11 is 0. The molecule has 2 N–H and O–H groups in total. The molecule has 3 atom stereocenters. The summed E-state index contributed by atoms with van der Waals surface area (Å²) in [5.74, 6) is 0.481. The predicted molar refractivity (Wildman–Crippen MR) is 79.5 cm³/mol. The molecule has 0 aliphatic carbocycles. The molecule has 0 heterocycles. The Morgan fingerprint density at radius 1 is 0.882 bits per heavy atom. The summed E-state index contributed by atoms with van der Waals surface area (Å²) in [6.07, 6.45) is 1.15. The molecule has 0 saturated heterocycles. The molecule has 0 spiro atoms. The van der Waals surface area contributed by atoms with E-state index in [0.29, 0.717) is 19.1 Å². The van der Waals surface area contributed by atoms with Crippen LogP contribution in [0.25, 0.3) is 0 Å². The second-order valence-electron chi connectivity index (χ2n) is 3.90. The summed E-state index contributed by atoms with van der Waals surface area (Å²) < 4.78 is 5.22. The minimum Gasteiger partial charge on any atom is -0.393 e. The third kappa shape index (κ3) is 25.8. The molecule has 3 nitrogen and oxygen atoms in total. The van der Waals surface area contributed by atoms with Gasteiger partial charge in [0.25, 0.3) is 0 Å². The highest BCUT2D eigenvalue weighted by atomic mass is 16.5. The first-order valence-electron chi connectivity index (χ1n) is 4.96. The van der Waals surface area contributed by atoms with Crippen LogP contribution in [0.4, 0.5) is 0 Å². The summed E-state index contributed by atoms with van der Waals surface area (Å²) in [5, 5.41) is 18.0. The Labute approximate surface area is 110 Å². The highest BCUT2D eigenvalue weighted by Crippen LogP contribution is 2.10. The van der Waals surface area contributed by atoms with Crippen molar-refractivity contribution >= 4 is 0 Å². The zero-order valence-electron chi connectivity index (χ0n) is 8.86. The maximum Gasteiger partial charge on any atom is 0.0745 e. The van der Waals surface area contributed by atoms with Gasteiger partial charge in [-0.25, -0.2) is 0 Å². The van der Waals surface area contributed by atoms with Crippen LogP contribution in [0.3, 0.4) is 0 Å². The first-order chi connectivity index (χ1) is 6.02. The second kappa shape index (κ2) is 18.3. The lowest BCUT2D eigenvalue weighted by atomic mass is 10.0. The van der Waals surface area contributed by atoms with Gasteiger partial charge in [-0.15, -0.1) is 0 Å². The molecule has 112 valence electrons. The SMILES string of the molecule is C.C.C.C.CC(O)COCCC(C)CC(C)O. The van der Waals surface area contributed by atoms with Gasteiger partial charge in [0, 0.05) is 6.61 Å². The van der Waals surface area contributed by atoms with Crippen LogP contribution in [0.2, 0.25) is 0 Å². The number of rotatable bonds is 7. The van der Waals surface area contributed by atoms with Gasteiger partial charge in [0.1, 0.15) is 0 Å². The lowest BCUT2D eigenvalue weighted by Gasteiger charge is -2.13. The van der Waals surface area contributed by atoms with Crippen molar-refractivity contribution in [1.82, 2.24) is 0 Å². The Bertz CT molecular complexity index is 114. The van der Waals surface area contributed by atoms with Crippen molar-refractivity contribution in [3.8, 4) is 0 Å². The van der Waals surface area contributed by atoms with Gasteiger partial charge in [0.15, 0.2) is 0 Å². The van der Waals surface area contributed by atoms with Crippen molar-refractivity contribution in [2.24, 2.45) is 5.92 Å². The van der Waals surface area contributed by atoms with E-state index in [4.69, 9.17) is 14.9 Å². The molecule has 0 aromatic carbocycles. The summed E-state index contributed by atoms with van der Waals surface area (Å²) in [4.78, 5) is 0. The van der Waals surface area contributed by atoms with Crippen LogP contribution in [-0.2, 0) is 4.74 Å². The van der Waals surface area contributed by atoms with Crippen LogP contribution in [0, 0.1) is 5.92 Å². The van der Waals surface area contributed by atoms with Gasteiger partial charge in [0.05, 0.1) is 18.8 Å². The average molecular weight is 254 g/mol. The lowest BCUT2D eigenvalue weighted by molar-refractivity contribution is 0.0382. The summed E-state index contributed by atoms with van der Waals surface area (Å²) in [6, 6.07) is 0. The molecule has 0 bridgehead atoms. The highest BCUT2D eigenvalue weighted by molar-refractivity contribution is 4.57. The van der Waals surface area contributed by atoms with Crippen molar-refractivity contribution in [3.63, 3.8) is 0 Å². The summed E-state index contributed by atoms with van der Waals surface area (Å²) in [5.41, 5.74) is 0. The minimum absolute atomic E-state index is 0. The summed E-state index contributed by atoms with van der Waals surface area (Å²) in [6.45, 7) is 6.67. The smallest absolute Gasteiger partial charge is 0.0745 e. The van der Waals surface area contributed by atoms with Gasteiger partial charge in [-0.3, -0.25) is 0 Å². The quantitative estimate of drug-likeness (QED) is 0.681. The molecule has 0 amide bonds. The van der Waals surface area contributed by atoms with Crippen LogP contribution < -0.4 is 0 Å². The van der Waals surface area contributed by atoms with Gasteiger partial charge in [-0.2, -0.15) is 0 Å².